The summed E-state index contributed by atoms with van der Waals surface area (Å²) in [6.45, 7) is 23.2. The van der Waals surface area contributed by atoms with Crippen LogP contribution in [0.4, 0.5) is 11.5 Å². The van der Waals surface area contributed by atoms with Gasteiger partial charge in [0, 0.05) is 24.6 Å². The number of nitro benzene ring substituents is 1. The van der Waals surface area contributed by atoms with Gasteiger partial charge in [-0.15, -0.1) is 0 Å². The molecular weight excluding hydrogens is 569 g/mol. The fourth-order valence-electron chi connectivity index (χ4n) is 4.42. The quantitative estimate of drug-likeness (QED) is 0.145. The standard InChI is InChI=1S/C29H46N6O5Si2/c1-28(2,3)41(7,8)38-17-23-22(40-42(9,10)29(4,5)6)15-24(39-23)34-19-33-25-26(31-18-32-27(25)34)30-16-20-13-11-12-14-21(20)35(36)37/h11-14,18-19,22-24H,15-17H2,1-10H3,(H,30,31,32)/t22-,23+,24+/m0/s1. The third-order valence-electron chi connectivity index (χ3n) is 9.15. The van der Waals surface area contributed by atoms with E-state index in [-0.39, 0.29) is 45.7 Å². The normalized spacial score (nSPS) is 20.3. The average molecular weight is 615 g/mol. The summed E-state index contributed by atoms with van der Waals surface area (Å²) in [6.07, 6.45) is 3.15. The Kier molecular flexibility index (Phi) is 9.01. The smallest absolute Gasteiger partial charge is 0.274 e. The van der Waals surface area contributed by atoms with Gasteiger partial charge in [0.05, 0.1) is 24.0 Å². The number of nitrogens with one attached hydrogen (secondary N) is 1. The minimum atomic E-state index is -2.09. The number of rotatable bonds is 10. The lowest BCUT2D eigenvalue weighted by molar-refractivity contribution is -0.385. The number of hydrogen-bond donors (Lipinski definition) is 1. The third-order valence-corrected chi connectivity index (χ3v) is 18.2. The van der Waals surface area contributed by atoms with Gasteiger partial charge in [0.1, 0.15) is 18.7 Å². The van der Waals surface area contributed by atoms with E-state index in [4.69, 9.17) is 13.6 Å². The first kappa shape index (κ1) is 32.2. The molecule has 230 valence electrons. The van der Waals surface area contributed by atoms with E-state index < -0.39 is 16.6 Å². The van der Waals surface area contributed by atoms with Gasteiger partial charge in [0.2, 0.25) is 0 Å². The van der Waals surface area contributed by atoms with Crippen LogP contribution >= 0.6 is 0 Å². The summed E-state index contributed by atoms with van der Waals surface area (Å²) >= 11 is 0. The van der Waals surface area contributed by atoms with Crippen molar-refractivity contribution in [3.8, 4) is 0 Å². The third kappa shape index (κ3) is 6.75. The van der Waals surface area contributed by atoms with Crippen LogP contribution in [-0.4, -0.2) is 59.9 Å². The van der Waals surface area contributed by atoms with Crippen molar-refractivity contribution in [2.75, 3.05) is 11.9 Å². The molecule has 0 saturated carbocycles. The molecule has 1 aliphatic rings. The molecule has 3 atom stereocenters. The Morgan fingerprint density at radius 2 is 1.71 bits per heavy atom. The van der Waals surface area contributed by atoms with Crippen molar-refractivity contribution in [1.29, 1.82) is 0 Å². The van der Waals surface area contributed by atoms with Crippen molar-refractivity contribution in [3.05, 3.63) is 52.6 Å². The fourth-order valence-corrected chi connectivity index (χ4v) is 6.79. The lowest BCUT2D eigenvalue weighted by atomic mass is 10.2. The molecule has 0 bridgehead atoms. The lowest BCUT2D eigenvalue weighted by Crippen LogP contribution is -2.48. The van der Waals surface area contributed by atoms with Crippen LogP contribution in [0.3, 0.4) is 0 Å². The number of aromatic nitrogens is 4. The number of imidazole rings is 1. The molecule has 0 aliphatic carbocycles. The Balaban J connectivity index is 1.58. The Bertz CT molecular complexity index is 1420. The topological polar surface area (TPSA) is 126 Å². The number of ether oxygens (including phenoxy) is 1. The van der Waals surface area contributed by atoms with E-state index in [0.29, 0.717) is 35.6 Å². The molecule has 4 rings (SSSR count). The number of hydrogen-bond acceptors (Lipinski definition) is 9. The first-order chi connectivity index (χ1) is 19.4. The molecule has 1 aromatic carbocycles. The highest BCUT2D eigenvalue weighted by Crippen LogP contribution is 2.43. The zero-order valence-corrected chi connectivity index (χ0v) is 28.6. The highest BCUT2D eigenvalue weighted by atomic mass is 28.4. The van der Waals surface area contributed by atoms with E-state index in [1.807, 2.05) is 4.57 Å². The number of benzene rings is 1. The summed E-state index contributed by atoms with van der Waals surface area (Å²) in [5.74, 6) is 0.502. The van der Waals surface area contributed by atoms with E-state index in [1.54, 1.807) is 24.5 Å². The molecule has 2 aromatic heterocycles. The maximum atomic E-state index is 11.4. The first-order valence-electron chi connectivity index (χ1n) is 14.5. The second-order valence-electron chi connectivity index (χ2n) is 14.1. The molecule has 1 N–H and O–H groups in total. The van der Waals surface area contributed by atoms with E-state index in [1.165, 1.54) is 12.4 Å². The van der Waals surface area contributed by atoms with Crippen LogP contribution < -0.4 is 5.32 Å². The second-order valence-corrected chi connectivity index (χ2v) is 23.7. The van der Waals surface area contributed by atoms with Crippen molar-refractivity contribution in [2.45, 2.75) is 109 Å². The number of nitro groups is 1. The van der Waals surface area contributed by atoms with E-state index in [0.717, 1.165) is 0 Å². The molecule has 0 amide bonds. The van der Waals surface area contributed by atoms with Crippen molar-refractivity contribution in [3.63, 3.8) is 0 Å². The molecule has 1 aliphatic heterocycles. The predicted octanol–water partition coefficient (Wildman–Crippen LogP) is 7.05. The molecule has 1 saturated heterocycles. The van der Waals surface area contributed by atoms with Gasteiger partial charge < -0.3 is 18.9 Å². The summed E-state index contributed by atoms with van der Waals surface area (Å²) < 4.78 is 22.1. The van der Waals surface area contributed by atoms with Crippen LogP contribution in [0.15, 0.2) is 36.9 Å². The molecule has 3 aromatic rings. The van der Waals surface area contributed by atoms with E-state index >= 15 is 0 Å². The Morgan fingerprint density at radius 1 is 1.05 bits per heavy atom. The first-order valence-corrected chi connectivity index (χ1v) is 20.3. The van der Waals surface area contributed by atoms with Crippen molar-refractivity contribution < 1.29 is 18.5 Å². The number of nitrogens with zero attached hydrogens (tertiary/aromatic N) is 5. The summed E-state index contributed by atoms with van der Waals surface area (Å²) in [7, 11) is -4.09. The van der Waals surface area contributed by atoms with Gasteiger partial charge in [-0.1, -0.05) is 59.7 Å². The molecule has 42 heavy (non-hydrogen) atoms. The van der Waals surface area contributed by atoms with Gasteiger partial charge in [-0.2, -0.15) is 0 Å². The highest BCUT2D eigenvalue weighted by Gasteiger charge is 2.47. The average Bonchev–Trinajstić information content (AvgIpc) is 3.49. The number of anilines is 1. The Hall–Kier alpha value is -2.72. The molecule has 13 heteroatoms. The number of fused-ring (bicyclic) bond motifs is 1. The van der Waals surface area contributed by atoms with Gasteiger partial charge in [-0.3, -0.25) is 14.7 Å². The highest BCUT2D eigenvalue weighted by molar-refractivity contribution is 6.74. The predicted molar refractivity (Wildman–Crippen MR) is 169 cm³/mol. The van der Waals surface area contributed by atoms with Crippen LogP contribution in [0.5, 0.6) is 0 Å². The summed E-state index contributed by atoms with van der Waals surface area (Å²) in [5.41, 5.74) is 1.81. The zero-order valence-electron chi connectivity index (χ0n) is 26.6. The Morgan fingerprint density at radius 3 is 2.36 bits per heavy atom. The van der Waals surface area contributed by atoms with Crippen molar-refractivity contribution in [1.82, 2.24) is 19.5 Å². The van der Waals surface area contributed by atoms with E-state index in [9.17, 15) is 10.1 Å². The van der Waals surface area contributed by atoms with Gasteiger partial charge >= 0.3 is 0 Å². The van der Waals surface area contributed by atoms with Crippen LogP contribution in [0.25, 0.3) is 11.2 Å². The maximum Gasteiger partial charge on any atom is 0.274 e. The Labute approximate surface area is 250 Å². The minimum absolute atomic E-state index is 0.0546. The fraction of sp³-hybridized carbons (Fsp3) is 0.621. The molecule has 0 unspecified atom stereocenters. The lowest BCUT2D eigenvalue weighted by Gasteiger charge is -2.40. The van der Waals surface area contributed by atoms with Gasteiger partial charge in [-0.25, -0.2) is 15.0 Å². The zero-order chi connectivity index (χ0) is 31.1. The molecular formula is C29H46N6O5Si2. The van der Waals surface area contributed by atoms with Crippen LogP contribution in [0.2, 0.25) is 36.3 Å². The summed E-state index contributed by atoms with van der Waals surface area (Å²) in [4.78, 5) is 24.6. The van der Waals surface area contributed by atoms with Crippen LogP contribution in [0.1, 0.15) is 59.8 Å². The van der Waals surface area contributed by atoms with Crippen molar-refractivity contribution in [2.24, 2.45) is 0 Å². The summed E-state index contributed by atoms with van der Waals surface area (Å²) in [6, 6.07) is 6.65. The van der Waals surface area contributed by atoms with Gasteiger partial charge in [-0.05, 0) is 36.3 Å². The largest absolute Gasteiger partial charge is 0.414 e. The van der Waals surface area contributed by atoms with Crippen molar-refractivity contribution >= 4 is 39.3 Å². The SMILES string of the molecule is CC(C)(C)[Si](C)(C)OC[C@H]1O[C@@H](n2cnc3c(NCc4ccccc4[N+](=O)[O-])ncnc32)C[C@@H]1O[Si](C)(C)C(C)(C)C. The van der Waals surface area contributed by atoms with Crippen LogP contribution in [0, 0.1) is 10.1 Å². The van der Waals surface area contributed by atoms with Gasteiger partial charge in [0.25, 0.3) is 5.69 Å². The summed E-state index contributed by atoms with van der Waals surface area (Å²) in [5, 5.41) is 14.8. The molecule has 1 fully saturated rings. The monoisotopic (exact) mass is 614 g/mol. The van der Waals surface area contributed by atoms with E-state index in [2.05, 4.69) is 88.0 Å². The molecule has 11 nitrogen and oxygen atoms in total. The molecule has 0 spiro atoms. The molecule has 3 heterocycles. The van der Waals surface area contributed by atoms with Gasteiger partial charge in [0.15, 0.2) is 33.6 Å². The van der Waals surface area contributed by atoms with Crippen LogP contribution in [-0.2, 0) is 20.1 Å². The number of para-hydroxylation sites is 1. The minimum Gasteiger partial charge on any atom is -0.414 e. The second kappa shape index (κ2) is 11.8. The maximum absolute atomic E-state index is 11.4. The molecule has 0 radical (unpaired) electrons.